The number of hydrogen-bond acceptors (Lipinski definition) is 3. The number of benzene rings is 1. The van der Waals surface area contributed by atoms with E-state index in [0.717, 1.165) is 22.3 Å². The molecule has 0 spiro atoms. The lowest BCUT2D eigenvalue weighted by Gasteiger charge is -2.13. The second-order valence-electron chi connectivity index (χ2n) is 5.70. The van der Waals surface area contributed by atoms with Crippen molar-refractivity contribution in [3.05, 3.63) is 52.7 Å². The van der Waals surface area contributed by atoms with Gasteiger partial charge in [-0.05, 0) is 43.7 Å². The van der Waals surface area contributed by atoms with E-state index in [1.54, 1.807) is 25.4 Å². The lowest BCUT2D eigenvalue weighted by atomic mass is 10.2. The Balaban J connectivity index is 1.85. The van der Waals surface area contributed by atoms with Gasteiger partial charge in [0.05, 0.1) is 12.6 Å². The minimum Gasteiger partial charge on any atom is -0.496 e. The summed E-state index contributed by atoms with van der Waals surface area (Å²) in [5.41, 5.74) is 3.50. The molecule has 1 aromatic carbocycles. The normalized spacial score (nSPS) is 11.0. The maximum atomic E-state index is 14.3. The summed E-state index contributed by atoms with van der Waals surface area (Å²) in [6.45, 7) is 5.20. The average Bonchev–Trinajstić information content (AvgIpc) is 2.89. The summed E-state index contributed by atoms with van der Waals surface area (Å²) in [6.07, 6.45) is 1.73. The third-order valence-corrected chi connectivity index (χ3v) is 4.32. The number of hydrogen-bond donors (Lipinski definition) is 1. The fourth-order valence-corrected chi connectivity index (χ4v) is 3.06. The van der Waals surface area contributed by atoms with Crippen molar-refractivity contribution in [1.29, 1.82) is 0 Å². The first-order chi connectivity index (χ1) is 11.5. The van der Waals surface area contributed by atoms with Gasteiger partial charge in [0.2, 0.25) is 0 Å². The summed E-state index contributed by atoms with van der Waals surface area (Å²) in [7, 11) is 1.59. The summed E-state index contributed by atoms with van der Waals surface area (Å²) in [6, 6.07) is 6.84. The van der Waals surface area contributed by atoms with Crippen molar-refractivity contribution < 1.29 is 9.13 Å². The smallest absolute Gasteiger partial charge is 0.147 e. The second-order valence-corrected chi connectivity index (χ2v) is 6.09. The number of aryl methyl sites for hydroxylation is 2. The third kappa shape index (κ3) is 3.04. The van der Waals surface area contributed by atoms with E-state index in [9.17, 15) is 4.39 Å². The zero-order valence-corrected chi connectivity index (χ0v) is 14.6. The van der Waals surface area contributed by atoms with E-state index < -0.39 is 0 Å². The molecule has 0 amide bonds. The zero-order chi connectivity index (χ0) is 17.3. The predicted molar refractivity (Wildman–Crippen MR) is 95.7 cm³/mol. The quantitative estimate of drug-likeness (QED) is 0.687. The van der Waals surface area contributed by atoms with Crippen molar-refractivity contribution in [3.63, 3.8) is 0 Å². The Kier molecular flexibility index (Phi) is 4.62. The molecule has 3 rings (SSSR count). The molecular formula is C18H19ClFN3O. The lowest BCUT2D eigenvalue weighted by Crippen LogP contribution is -2.12. The van der Waals surface area contributed by atoms with E-state index in [0.29, 0.717) is 29.5 Å². The fraction of sp³-hybridized carbons (Fsp3) is 0.278. The number of nitrogens with one attached hydrogen (secondary N) is 1. The monoisotopic (exact) mass is 347 g/mol. The molecule has 24 heavy (non-hydrogen) atoms. The molecule has 4 nitrogen and oxygen atoms in total. The van der Waals surface area contributed by atoms with Gasteiger partial charge < -0.3 is 14.6 Å². The number of rotatable bonds is 5. The molecule has 2 aromatic heterocycles. The van der Waals surface area contributed by atoms with Gasteiger partial charge >= 0.3 is 0 Å². The molecule has 0 saturated carbocycles. The molecule has 126 valence electrons. The van der Waals surface area contributed by atoms with E-state index in [1.165, 1.54) is 6.07 Å². The first-order valence-corrected chi connectivity index (χ1v) is 8.07. The van der Waals surface area contributed by atoms with E-state index >= 15 is 0 Å². The molecule has 3 aromatic rings. The first-order valence-electron chi connectivity index (χ1n) is 7.69. The molecule has 0 radical (unpaired) electrons. The molecule has 0 aliphatic rings. The Morgan fingerprint density at radius 3 is 2.83 bits per heavy atom. The number of methoxy groups -OCH3 is 1. The number of aromatic nitrogens is 2. The van der Waals surface area contributed by atoms with Crippen LogP contribution in [0.5, 0.6) is 5.75 Å². The van der Waals surface area contributed by atoms with Gasteiger partial charge in [-0.3, -0.25) is 0 Å². The maximum Gasteiger partial charge on any atom is 0.147 e. The first kappa shape index (κ1) is 16.6. The Morgan fingerprint density at radius 2 is 2.08 bits per heavy atom. The van der Waals surface area contributed by atoms with Gasteiger partial charge in [0.1, 0.15) is 16.7 Å². The summed E-state index contributed by atoms with van der Waals surface area (Å²) < 4.78 is 21.6. The molecule has 0 fully saturated rings. The maximum absolute atomic E-state index is 14.3. The van der Waals surface area contributed by atoms with E-state index in [-0.39, 0.29) is 5.82 Å². The number of anilines is 1. The van der Waals surface area contributed by atoms with E-state index in [4.69, 9.17) is 16.3 Å². The Bertz CT molecular complexity index is 892. The Labute approximate surface area is 145 Å². The van der Waals surface area contributed by atoms with Crippen LogP contribution in [-0.2, 0) is 6.54 Å². The standard InChI is InChI=1S/C18H19ClFN3O/c1-11-10-22-17(19)9-15(11)21-6-7-23-12(2)8-13-16(24-3)5-4-14(20)18(13)23/h4-5,8-10H,6-7H2,1-3H3,(H,21,22). The zero-order valence-electron chi connectivity index (χ0n) is 13.9. The Morgan fingerprint density at radius 1 is 1.29 bits per heavy atom. The number of halogens is 2. The largest absolute Gasteiger partial charge is 0.496 e. The topological polar surface area (TPSA) is 39.1 Å². The van der Waals surface area contributed by atoms with Gasteiger partial charge in [0.15, 0.2) is 0 Å². The fourth-order valence-electron chi connectivity index (χ4n) is 2.90. The highest BCUT2D eigenvalue weighted by Gasteiger charge is 2.14. The van der Waals surface area contributed by atoms with Gasteiger partial charge in [0.25, 0.3) is 0 Å². The summed E-state index contributed by atoms with van der Waals surface area (Å²) in [5, 5.41) is 4.57. The van der Waals surface area contributed by atoms with Gasteiger partial charge in [-0.15, -0.1) is 0 Å². The van der Waals surface area contributed by atoms with Crippen LogP contribution in [0.25, 0.3) is 10.9 Å². The van der Waals surface area contributed by atoms with Gasteiger partial charge in [-0.1, -0.05) is 11.6 Å². The minimum atomic E-state index is -0.248. The number of pyridine rings is 1. The highest BCUT2D eigenvalue weighted by Crippen LogP contribution is 2.30. The van der Waals surface area contributed by atoms with Gasteiger partial charge in [-0.2, -0.15) is 0 Å². The van der Waals surface area contributed by atoms with Crippen LogP contribution in [-0.4, -0.2) is 23.2 Å². The van der Waals surface area contributed by atoms with Crippen LogP contribution in [0.4, 0.5) is 10.1 Å². The molecule has 0 bridgehead atoms. The molecule has 0 unspecified atom stereocenters. The van der Waals surface area contributed by atoms with Crippen molar-refractivity contribution >= 4 is 28.2 Å². The van der Waals surface area contributed by atoms with Crippen LogP contribution >= 0.6 is 11.6 Å². The number of fused-ring (bicyclic) bond motifs is 1. The van der Waals surface area contributed by atoms with Crippen molar-refractivity contribution in [2.75, 3.05) is 19.0 Å². The van der Waals surface area contributed by atoms with E-state index in [2.05, 4.69) is 10.3 Å². The minimum absolute atomic E-state index is 0.248. The molecule has 0 saturated heterocycles. The van der Waals surface area contributed by atoms with E-state index in [1.807, 2.05) is 24.5 Å². The predicted octanol–water partition coefficient (Wildman–Crippen LogP) is 4.57. The SMILES string of the molecule is COc1ccc(F)c2c1cc(C)n2CCNc1cc(Cl)ncc1C. The van der Waals surface area contributed by atoms with Gasteiger partial charge in [0, 0.05) is 36.1 Å². The van der Waals surface area contributed by atoms with Crippen LogP contribution in [0.2, 0.25) is 5.15 Å². The highest BCUT2D eigenvalue weighted by molar-refractivity contribution is 6.29. The molecule has 1 N–H and O–H groups in total. The molecule has 0 atom stereocenters. The number of nitrogens with zero attached hydrogens (tertiary/aromatic N) is 2. The number of ether oxygens (including phenoxy) is 1. The molecule has 0 aliphatic carbocycles. The van der Waals surface area contributed by atoms with Gasteiger partial charge in [-0.25, -0.2) is 9.37 Å². The molecule has 0 aliphatic heterocycles. The van der Waals surface area contributed by atoms with Crippen molar-refractivity contribution in [2.45, 2.75) is 20.4 Å². The Hall–Kier alpha value is -2.27. The summed E-state index contributed by atoms with van der Waals surface area (Å²) in [4.78, 5) is 4.04. The molecule has 2 heterocycles. The average molecular weight is 348 g/mol. The summed E-state index contributed by atoms with van der Waals surface area (Å²) in [5.74, 6) is 0.431. The summed E-state index contributed by atoms with van der Waals surface area (Å²) >= 11 is 5.93. The van der Waals surface area contributed by atoms with Crippen LogP contribution in [0, 0.1) is 19.7 Å². The van der Waals surface area contributed by atoms with Crippen molar-refractivity contribution in [1.82, 2.24) is 9.55 Å². The van der Waals surface area contributed by atoms with Crippen molar-refractivity contribution in [2.24, 2.45) is 0 Å². The van der Waals surface area contributed by atoms with Crippen LogP contribution < -0.4 is 10.1 Å². The van der Waals surface area contributed by atoms with Crippen LogP contribution in [0.1, 0.15) is 11.3 Å². The van der Waals surface area contributed by atoms with Crippen LogP contribution in [0.3, 0.4) is 0 Å². The van der Waals surface area contributed by atoms with Crippen molar-refractivity contribution in [3.8, 4) is 5.75 Å². The lowest BCUT2D eigenvalue weighted by molar-refractivity contribution is 0.419. The third-order valence-electron chi connectivity index (χ3n) is 4.12. The second kappa shape index (κ2) is 6.69. The molecular weight excluding hydrogens is 329 g/mol. The highest BCUT2D eigenvalue weighted by atomic mass is 35.5. The molecule has 6 heteroatoms. The van der Waals surface area contributed by atoms with Crippen LogP contribution in [0.15, 0.2) is 30.5 Å².